The van der Waals surface area contributed by atoms with Crippen molar-refractivity contribution < 1.29 is 9.18 Å². The molecule has 5 heteroatoms. The van der Waals surface area contributed by atoms with Crippen molar-refractivity contribution in [2.75, 3.05) is 27.2 Å². The van der Waals surface area contributed by atoms with Crippen LogP contribution in [0.15, 0.2) is 41.1 Å². The molecule has 1 aromatic rings. The van der Waals surface area contributed by atoms with E-state index in [9.17, 15) is 9.18 Å². The van der Waals surface area contributed by atoms with Crippen LogP contribution in [0, 0.1) is 11.7 Å². The van der Waals surface area contributed by atoms with Crippen LogP contribution in [0.25, 0.3) is 6.08 Å². The number of benzene rings is 1. The number of likely N-dealkylation sites (tertiary alicyclic amines) is 1. The van der Waals surface area contributed by atoms with Crippen LogP contribution in [-0.2, 0) is 4.79 Å². The summed E-state index contributed by atoms with van der Waals surface area (Å²) in [4.78, 5) is 16.1. The van der Waals surface area contributed by atoms with E-state index in [4.69, 9.17) is 11.6 Å². The Morgan fingerprint density at radius 2 is 1.89 bits per heavy atom. The molecule has 0 N–H and O–H groups in total. The fourth-order valence-electron chi connectivity index (χ4n) is 3.65. The van der Waals surface area contributed by atoms with Gasteiger partial charge in [-0.25, -0.2) is 4.39 Å². The molecule has 1 saturated heterocycles. The number of rotatable bonds is 7. The molecule has 1 atom stereocenters. The van der Waals surface area contributed by atoms with Gasteiger partial charge in [0.15, 0.2) is 5.78 Å². The van der Waals surface area contributed by atoms with Crippen LogP contribution in [-0.4, -0.2) is 48.8 Å². The monoisotopic (exact) mass is 392 g/mol. The van der Waals surface area contributed by atoms with E-state index in [-0.39, 0.29) is 17.6 Å². The van der Waals surface area contributed by atoms with E-state index in [2.05, 4.69) is 24.0 Å². The molecule has 1 unspecified atom stereocenters. The number of likely N-dealkylation sites (N-methyl/N-ethyl adjacent to an activating group) is 1. The molecular weight excluding hydrogens is 363 g/mol. The lowest BCUT2D eigenvalue weighted by Crippen LogP contribution is -2.43. The van der Waals surface area contributed by atoms with Gasteiger partial charge in [0.1, 0.15) is 10.8 Å². The van der Waals surface area contributed by atoms with Crippen LogP contribution >= 0.6 is 11.6 Å². The number of carbonyl (C=O) groups excluding carboxylic acids is 1. The summed E-state index contributed by atoms with van der Waals surface area (Å²) >= 11 is 6.29. The Balaban J connectivity index is 1.89. The number of ketones is 1. The molecule has 148 valence electrons. The van der Waals surface area contributed by atoms with Crippen molar-refractivity contribution in [1.82, 2.24) is 9.80 Å². The number of piperidine rings is 1. The maximum Gasteiger partial charge on any atom is 0.172 e. The van der Waals surface area contributed by atoms with Gasteiger partial charge in [-0.3, -0.25) is 9.69 Å². The summed E-state index contributed by atoms with van der Waals surface area (Å²) in [7, 11) is 3.87. The van der Waals surface area contributed by atoms with Crippen molar-refractivity contribution in [3.8, 4) is 0 Å². The number of halogens is 2. The smallest absolute Gasteiger partial charge is 0.172 e. The summed E-state index contributed by atoms with van der Waals surface area (Å²) < 4.78 is 12.9. The molecule has 0 radical (unpaired) electrons. The summed E-state index contributed by atoms with van der Waals surface area (Å²) in [6, 6.07) is 6.68. The average Bonchev–Trinajstić information content (AvgIpc) is 2.63. The predicted molar refractivity (Wildman–Crippen MR) is 111 cm³/mol. The average molecular weight is 393 g/mol. The molecule has 1 aliphatic rings. The number of hydrogen-bond acceptors (Lipinski definition) is 3. The van der Waals surface area contributed by atoms with Crippen LogP contribution in [0.4, 0.5) is 4.39 Å². The van der Waals surface area contributed by atoms with E-state index in [0.29, 0.717) is 11.0 Å². The number of hydrogen-bond donors (Lipinski definition) is 0. The van der Waals surface area contributed by atoms with Crippen LogP contribution < -0.4 is 0 Å². The van der Waals surface area contributed by atoms with E-state index in [1.807, 2.05) is 19.0 Å². The minimum Gasteiger partial charge on any atom is -0.378 e. The third kappa shape index (κ3) is 6.18. The fraction of sp³-hybridized carbons (Fsp3) is 0.500. The molecule has 0 amide bonds. The predicted octanol–water partition coefficient (Wildman–Crippen LogP) is 4.93. The second-order valence-electron chi connectivity index (χ2n) is 7.49. The Hall–Kier alpha value is -1.65. The molecule has 1 aromatic carbocycles. The van der Waals surface area contributed by atoms with Gasteiger partial charge in [0.2, 0.25) is 0 Å². The zero-order valence-corrected chi connectivity index (χ0v) is 17.5. The van der Waals surface area contributed by atoms with Crippen molar-refractivity contribution >= 4 is 23.5 Å². The summed E-state index contributed by atoms with van der Waals surface area (Å²) in [5, 5.41) is 0.330. The Kier molecular flexibility index (Phi) is 8.06. The molecule has 0 aromatic heterocycles. The first-order chi connectivity index (χ1) is 12.8. The molecular formula is C22H30ClFN2O. The van der Waals surface area contributed by atoms with Gasteiger partial charge >= 0.3 is 0 Å². The standard InChI is InChI=1S/C22H30ClFN2O/c1-16(22(25(3)4)21(23)17(2)27)26-14-12-19(13-15-26)7-5-6-18-8-10-20(24)11-9-18/h5-6,8-11,16,19H,7,12-15H2,1-4H3/b6-5-,22-21+. The zero-order valence-electron chi connectivity index (χ0n) is 16.7. The Bertz CT molecular complexity index is 689. The van der Waals surface area contributed by atoms with Gasteiger partial charge < -0.3 is 4.90 Å². The molecule has 0 spiro atoms. The van der Waals surface area contributed by atoms with E-state index >= 15 is 0 Å². The Morgan fingerprint density at radius 3 is 2.41 bits per heavy atom. The molecule has 1 heterocycles. The second-order valence-corrected chi connectivity index (χ2v) is 7.87. The van der Waals surface area contributed by atoms with Gasteiger partial charge in [-0.15, -0.1) is 0 Å². The summed E-state index contributed by atoms with van der Waals surface area (Å²) in [6.45, 7) is 5.62. The van der Waals surface area contributed by atoms with Crippen molar-refractivity contribution in [3.63, 3.8) is 0 Å². The molecule has 1 aliphatic heterocycles. The lowest BCUT2D eigenvalue weighted by atomic mass is 9.92. The normalized spacial score (nSPS) is 18.4. The van der Waals surface area contributed by atoms with Crippen molar-refractivity contribution in [1.29, 1.82) is 0 Å². The quantitative estimate of drug-likeness (QED) is 0.614. The first kappa shape index (κ1) is 21.6. The zero-order chi connectivity index (χ0) is 20.0. The third-order valence-corrected chi connectivity index (χ3v) is 5.72. The van der Waals surface area contributed by atoms with Crippen molar-refractivity contribution in [2.45, 2.75) is 39.2 Å². The highest BCUT2D eigenvalue weighted by Gasteiger charge is 2.27. The largest absolute Gasteiger partial charge is 0.378 e. The van der Waals surface area contributed by atoms with Gasteiger partial charge in [0.05, 0.1) is 5.70 Å². The van der Waals surface area contributed by atoms with Crippen LogP contribution in [0.3, 0.4) is 0 Å². The van der Waals surface area contributed by atoms with Gasteiger partial charge in [-0.05, 0) is 62.9 Å². The van der Waals surface area contributed by atoms with Gasteiger partial charge in [-0.1, -0.05) is 35.9 Å². The highest BCUT2D eigenvalue weighted by molar-refractivity contribution is 6.42. The van der Waals surface area contributed by atoms with Gasteiger partial charge in [-0.2, -0.15) is 0 Å². The third-order valence-electron chi connectivity index (χ3n) is 5.26. The lowest BCUT2D eigenvalue weighted by Gasteiger charge is -2.38. The minimum atomic E-state index is -0.204. The molecule has 27 heavy (non-hydrogen) atoms. The first-order valence-electron chi connectivity index (χ1n) is 9.53. The minimum absolute atomic E-state index is 0.0898. The molecule has 2 rings (SSSR count). The molecule has 1 fully saturated rings. The summed E-state index contributed by atoms with van der Waals surface area (Å²) in [5.41, 5.74) is 1.92. The summed E-state index contributed by atoms with van der Waals surface area (Å²) in [5.74, 6) is 0.359. The summed E-state index contributed by atoms with van der Waals surface area (Å²) in [6.07, 6.45) is 7.53. The van der Waals surface area contributed by atoms with E-state index in [0.717, 1.165) is 43.6 Å². The lowest BCUT2D eigenvalue weighted by molar-refractivity contribution is -0.113. The first-order valence-corrected chi connectivity index (χ1v) is 9.91. The second kappa shape index (κ2) is 10.0. The SMILES string of the molecule is CC(=O)/C(Cl)=C(/C(C)N1CCC(C/C=C\c2ccc(F)cc2)CC1)N(C)C. The Labute approximate surface area is 167 Å². The molecule has 0 saturated carbocycles. The van der Waals surface area contributed by atoms with Crippen molar-refractivity contribution in [2.24, 2.45) is 5.92 Å². The van der Waals surface area contributed by atoms with Gasteiger partial charge in [0.25, 0.3) is 0 Å². The maximum absolute atomic E-state index is 12.9. The van der Waals surface area contributed by atoms with E-state index in [1.54, 1.807) is 12.1 Å². The fourth-order valence-corrected chi connectivity index (χ4v) is 3.98. The topological polar surface area (TPSA) is 23.6 Å². The van der Waals surface area contributed by atoms with Crippen LogP contribution in [0.1, 0.15) is 38.7 Å². The maximum atomic E-state index is 12.9. The van der Waals surface area contributed by atoms with Gasteiger partial charge in [0, 0.05) is 27.1 Å². The highest BCUT2D eigenvalue weighted by atomic mass is 35.5. The highest BCUT2D eigenvalue weighted by Crippen LogP contribution is 2.27. The molecule has 0 aliphatic carbocycles. The molecule has 0 bridgehead atoms. The van der Waals surface area contributed by atoms with Crippen LogP contribution in [0.5, 0.6) is 0 Å². The number of allylic oxidation sites excluding steroid dienone is 2. The number of Topliss-reactive ketones (excluding diaryl/α,β-unsaturated/α-hetero) is 1. The van der Waals surface area contributed by atoms with E-state index in [1.165, 1.54) is 19.1 Å². The van der Waals surface area contributed by atoms with Crippen LogP contribution in [0.2, 0.25) is 0 Å². The number of carbonyl (C=O) groups is 1. The number of nitrogens with zero attached hydrogens (tertiary/aromatic N) is 2. The molecule has 3 nitrogen and oxygen atoms in total. The Morgan fingerprint density at radius 1 is 1.30 bits per heavy atom. The van der Waals surface area contributed by atoms with Crippen molar-refractivity contribution in [3.05, 3.63) is 52.5 Å². The van der Waals surface area contributed by atoms with E-state index < -0.39 is 0 Å².